The molecule has 0 bridgehead atoms. The molecule has 90 valence electrons. The third-order valence-corrected chi connectivity index (χ3v) is 2.99. The van der Waals surface area contributed by atoms with Gasteiger partial charge in [-0.05, 0) is 19.8 Å². The molecule has 0 radical (unpaired) electrons. The molecule has 0 saturated heterocycles. The van der Waals surface area contributed by atoms with Gasteiger partial charge in [-0.2, -0.15) is 0 Å². The number of rotatable bonds is 7. The summed E-state index contributed by atoms with van der Waals surface area (Å²) in [6.45, 7) is 4.47. The van der Waals surface area contributed by atoms with Gasteiger partial charge in [-0.1, -0.05) is 19.3 Å². The third-order valence-electron chi connectivity index (χ3n) is 2.99. The zero-order valence-electron chi connectivity index (χ0n) is 10.1. The lowest BCUT2D eigenvalue weighted by atomic mass is 9.95. The normalized spacial score (nSPS) is 20.4. The van der Waals surface area contributed by atoms with Crippen LogP contribution in [0.1, 0.15) is 39.0 Å². The molecule has 1 aliphatic rings. The van der Waals surface area contributed by atoms with Crippen molar-refractivity contribution in [3.63, 3.8) is 0 Å². The molecule has 3 nitrogen and oxygen atoms in total. The molecule has 1 saturated carbocycles. The van der Waals surface area contributed by atoms with E-state index in [1.165, 1.54) is 32.1 Å². The second kappa shape index (κ2) is 8.08. The molecular weight excluding hydrogens is 190 g/mol. The van der Waals surface area contributed by atoms with Crippen LogP contribution in [0.3, 0.4) is 0 Å². The maximum atomic E-state index is 5.59. The van der Waals surface area contributed by atoms with Crippen LogP contribution >= 0.6 is 0 Å². The Labute approximate surface area is 93.5 Å². The lowest BCUT2D eigenvalue weighted by Crippen LogP contribution is -2.37. The largest absolute Gasteiger partial charge is 0.382 e. The molecule has 1 rings (SSSR count). The molecule has 0 amide bonds. The van der Waals surface area contributed by atoms with E-state index in [1.54, 1.807) is 7.11 Å². The van der Waals surface area contributed by atoms with Crippen LogP contribution in [-0.2, 0) is 9.47 Å². The van der Waals surface area contributed by atoms with Gasteiger partial charge >= 0.3 is 0 Å². The molecule has 15 heavy (non-hydrogen) atoms. The Hall–Kier alpha value is -0.120. The highest BCUT2D eigenvalue weighted by Gasteiger charge is 2.13. The van der Waals surface area contributed by atoms with Crippen molar-refractivity contribution in [3.05, 3.63) is 0 Å². The van der Waals surface area contributed by atoms with Crippen LogP contribution in [0.15, 0.2) is 0 Å². The van der Waals surface area contributed by atoms with Crippen LogP contribution < -0.4 is 5.32 Å². The topological polar surface area (TPSA) is 30.5 Å². The van der Waals surface area contributed by atoms with Gasteiger partial charge in [-0.15, -0.1) is 0 Å². The fraction of sp³-hybridized carbons (Fsp3) is 1.00. The van der Waals surface area contributed by atoms with Crippen LogP contribution in [0.4, 0.5) is 0 Å². The molecule has 3 heteroatoms. The van der Waals surface area contributed by atoms with Gasteiger partial charge in [-0.3, -0.25) is 0 Å². The van der Waals surface area contributed by atoms with Gasteiger partial charge < -0.3 is 14.8 Å². The molecule has 1 aliphatic carbocycles. The average Bonchev–Trinajstić information content (AvgIpc) is 2.28. The minimum Gasteiger partial charge on any atom is -0.382 e. The summed E-state index contributed by atoms with van der Waals surface area (Å²) in [5, 5.41) is 3.58. The lowest BCUT2D eigenvalue weighted by Gasteiger charge is -2.24. The van der Waals surface area contributed by atoms with Crippen molar-refractivity contribution >= 4 is 0 Å². The Morgan fingerprint density at radius 2 is 1.93 bits per heavy atom. The quantitative estimate of drug-likeness (QED) is 0.659. The fourth-order valence-corrected chi connectivity index (χ4v) is 2.03. The van der Waals surface area contributed by atoms with E-state index in [0.717, 1.165) is 12.6 Å². The Balaban J connectivity index is 1.97. The highest BCUT2D eigenvalue weighted by molar-refractivity contribution is 4.72. The van der Waals surface area contributed by atoms with Crippen LogP contribution in [-0.4, -0.2) is 39.0 Å². The minimum atomic E-state index is 0.294. The summed E-state index contributed by atoms with van der Waals surface area (Å²) in [4.78, 5) is 0. The minimum absolute atomic E-state index is 0.294. The molecular formula is C12H25NO2. The van der Waals surface area contributed by atoms with Gasteiger partial charge in [0.2, 0.25) is 0 Å². The van der Waals surface area contributed by atoms with Crippen molar-refractivity contribution < 1.29 is 9.47 Å². The van der Waals surface area contributed by atoms with Crippen molar-refractivity contribution in [2.24, 2.45) is 0 Å². The lowest BCUT2D eigenvalue weighted by molar-refractivity contribution is 0.0250. The van der Waals surface area contributed by atoms with Crippen molar-refractivity contribution in [2.45, 2.75) is 51.2 Å². The molecule has 0 aromatic rings. The zero-order valence-corrected chi connectivity index (χ0v) is 10.1. The summed E-state index contributed by atoms with van der Waals surface area (Å²) >= 11 is 0. The van der Waals surface area contributed by atoms with Crippen LogP contribution in [0.25, 0.3) is 0 Å². The van der Waals surface area contributed by atoms with Crippen molar-refractivity contribution in [1.82, 2.24) is 5.32 Å². The number of hydrogen-bond donors (Lipinski definition) is 1. The van der Waals surface area contributed by atoms with Gasteiger partial charge in [-0.25, -0.2) is 0 Å². The second-order valence-electron chi connectivity index (χ2n) is 4.42. The first kappa shape index (κ1) is 12.9. The molecule has 1 fully saturated rings. The maximum Gasteiger partial charge on any atom is 0.0704 e. The molecule has 1 atom stereocenters. The van der Waals surface area contributed by atoms with E-state index >= 15 is 0 Å². The zero-order chi connectivity index (χ0) is 10.9. The van der Waals surface area contributed by atoms with Crippen LogP contribution in [0.5, 0.6) is 0 Å². The maximum absolute atomic E-state index is 5.59. The molecule has 0 heterocycles. The van der Waals surface area contributed by atoms with Gasteiger partial charge in [0.15, 0.2) is 0 Å². The molecule has 0 aromatic carbocycles. The average molecular weight is 215 g/mol. The van der Waals surface area contributed by atoms with Gasteiger partial charge in [0.1, 0.15) is 0 Å². The van der Waals surface area contributed by atoms with E-state index < -0.39 is 0 Å². The summed E-state index contributed by atoms with van der Waals surface area (Å²) in [6.07, 6.45) is 7.16. The first-order valence-corrected chi connectivity index (χ1v) is 6.17. The molecule has 0 spiro atoms. The Morgan fingerprint density at radius 1 is 1.20 bits per heavy atom. The predicted octanol–water partition coefficient (Wildman–Crippen LogP) is 1.96. The van der Waals surface area contributed by atoms with E-state index in [9.17, 15) is 0 Å². The van der Waals surface area contributed by atoms with Crippen molar-refractivity contribution in [2.75, 3.05) is 26.9 Å². The highest BCUT2D eigenvalue weighted by Crippen LogP contribution is 2.17. The summed E-state index contributed by atoms with van der Waals surface area (Å²) < 4.78 is 10.5. The van der Waals surface area contributed by atoms with E-state index in [0.29, 0.717) is 19.3 Å². The second-order valence-corrected chi connectivity index (χ2v) is 4.42. The van der Waals surface area contributed by atoms with Gasteiger partial charge in [0.05, 0.1) is 19.3 Å². The van der Waals surface area contributed by atoms with E-state index in [1.807, 2.05) is 0 Å². The third kappa shape index (κ3) is 6.13. The van der Waals surface area contributed by atoms with Gasteiger partial charge in [0.25, 0.3) is 0 Å². The number of ether oxygens (including phenoxy) is 2. The van der Waals surface area contributed by atoms with E-state index in [4.69, 9.17) is 9.47 Å². The van der Waals surface area contributed by atoms with Gasteiger partial charge in [0, 0.05) is 19.7 Å². The van der Waals surface area contributed by atoms with Crippen LogP contribution in [0.2, 0.25) is 0 Å². The summed E-state index contributed by atoms with van der Waals surface area (Å²) in [5.41, 5.74) is 0. The molecule has 0 aliphatic heterocycles. The smallest absolute Gasteiger partial charge is 0.0704 e. The Morgan fingerprint density at radius 3 is 2.60 bits per heavy atom. The monoisotopic (exact) mass is 215 g/mol. The van der Waals surface area contributed by atoms with E-state index in [2.05, 4.69) is 12.2 Å². The number of nitrogens with one attached hydrogen (secondary N) is 1. The first-order valence-electron chi connectivity index (χ1n) is 6.17. The van der Waals surface area contributed by atoms with Crippen LogP contribution in [0, 0.1) is 0 Å². The SMILES string of the molecule is COCCOC(C)CNC1CCCCC1. The Bertz CT molecular complexity index is 147. The standard InChI is InChI=1S/C12H25NO2/c1-11(15-9-8-14-2)10-13-12-6-4-3-5-7-12/h11-13H,3-10H2,1-2H3. The predicted molar refractivity (Wildman–Crippen MR) is 62.2 cm³/mol. The molecule has 1 unspecified atom stereocenters. The molecule has 0 aromatic heterocycles. The highest BCUT2D eigenvalue weighted by atomic mass is 16.5. The summed E-state index contributed by atoms with van der Waals surface area (Å²) in [7, 11) is 1.70. The van der Waals surface area contributed by atoms with E-state index in [-0.39, 0.29) is 0 Å². The van der Waals surface area contributed by atoms with Crippen molar-refractivity contribution in [1.29, 1.82) is 0 Å². The van der Waals surface area contributed by atoms with Crippen molar-refractivity contribution in [3.8, 4) is 0 Å². The first-order chi connectivity index (χ1) is 7.33. The molecule has 1 N–H and O–H groups in total. The fourth-order valence-electron chi connectivity index (χ4n) is 2.03. The Kier molecular flexibility index (Phi) is 6.98. The summed E-state index contributed by atoms with van der Waals surface area (Å²) in [5.74, 6) is 0. The number of hydrogen-bond acceptors (Lipinski definition) is 3. The summed E-state index contributed by atoms with van der Waals surface area (Å²) in [6, 6.07) is 0.729. The number of methoxy groups -OCH3 is 1.